The number of anilines is 1. The molecule has 3 N–H and O–H groups in total. The molecule has 2 rings (SSSR count). The second-order valence-corrected chi connectivity index (χ2v) is 4.56. The molecule has 2 aromatic rings. The average Bonchev–Trinajstić information content (AvgIpc) is 2.56. The van der Waals surface area contributed by atoms with E-state index < -0.39 is 0 Å². The van der Waals surface area contributed by atoms with Crippen molar-refractivity contribution < 1.29 is 14.3 Å². The molecule has 1 aromatic heterocycles. The second kappa shape index (κ2) is 9.78. The summed E-state index contributed by atoms with van der Waals surface area (Å²) in [6.45, 7) is 1.32. The number of benzene rings is 1. The van der Waals surface area contributed by atoms with Crippen LogP contribution in [0.3, 0.4) is 0 Å². The van der Waals surface area contributed by atoms with Gasteiger partial charge in [-0.3, -0.25) is 9.78 Å². The van der Waals surface area contributed by atoms with Gasteiger partial charge in [0.05, 0.1) is 12.3 Å². The number of carbonyl (C=O) groups excluding carboxylic acids is 1. The van der Waals surface area contributed by atoms with Gasteiger partial charge in [-0.15, -0.1) is 12.4 Å². The van der Waals surface area contributed by atoms with E-state index >= 15 is 0 Å². The highest BCUT2D eigenvalue weighted by atomic mass is 35.5. The Hall–Kier alpha value is -2.15. The van der Waals surface area contributed by atoms with E-state index in [0.29, 0.717) is 36.7 Å². The van der Waals surface area contributed by atoms with Gasteiger partial charge >= 0.3 is 0 Å². The summed E-state index contributed by atoms with van der Waals surface area (Å²) < 4.78 is 10.4. The number of rotatable bonds is 7. The maximum atomic E-state index is 12.2. The van der Waals surface area contributed by atoms with Crippen molar-refractivity contribution in [2.24, 2.45) is 5.73 Å². The highest BCUT2D eigenvalue weighted by Crippen LogP contribution is 2.16. The lowest BCUT2D eigenvalue weighted by Crippen LogP contribution is -2.13. The van der Waals surface area contributed by atoms with Gasteiger partial charge in [-0.2, -0.15) is 0 Å². The largest absolute Gasteiger partial charge is 0.491 e. The molecular weight excluding hydrogens is 318 g/mol. The van der Waals surface area contributed by atoms with Crippen LogP contribution < -0.4 is 15.8 Å². The van der Waals surface area contributed by atoms with Gasteiger partial charge in [-0.25, -0.2) is 0 Å². The van der Waals surface area contributed by atoms with Crippen LogP contribution in [-0.4, -0.2) is 31.2 Å². The molecule has 1 amide bonds. The van der Waals surface area contributed by atoms with Gasteiger partial charge in [0.25, 0.3) is 5.91 Å². The maximum Gasteiger partial charge on any atom is 0.255 e. The van der Waals surface area contributed by atoms with E-state index in [9.17, 15) is 4.79 Å². The van der Waals surface area contributed by atoms with Crippen molar-refractivity contribution in [2.75, 3.05) is 25.6 Å². The Morgan fingerprint density at radius 2 is 1.96 bits per heavy atom. The fourth-order valence-corrected chi connectivity index (χ4v) is 1.81. The summed E-state index contributed by atoms with van der Waals surface area (Å²) in [7, 11) is 1.62. The van der Waals surface area contributed by atoms with Crippen LogP contribution in [0.1, 0.15) is 16.1 Å². The zero-order chi connectivity index (χ0) is 15.8. The number of pyridine rings is 1. The van der Waals surface area contributed by atoms with E-state index in [0.717, 1.165) is 5.75 Å². The van der Waals surface area contributed by atoms with Gasteiger partial charge in [0.2, 0.25) is 0 Å². The molecule has 6 nitrogen and oxygen atoms in total. The Morgan fingerprint density at radius 1 is 1.22 bits per heavy atom. The molecule has 124 valence electrons. The number of amides is 1. The van der Waals surface area contributed by atoms with Crippen LogP contribution in [0.5, 0.6) is 5.75 Å². The summed E-state index contributed by atoms with van der Waals surface area (Å²) in [5, 5.41) is 2.82. The van der Waals surface area contributed by atoms with Crippen molar-refractivity contribution in [2.45, 2.75) is 6.54 Å². The van der Waals surface area contributed by atoms with Gasteiger partial charge in [0.1, 0.15) is 12.4 Å². The monoisotopic (exact) mass is 337 g/mol. The van der Waals surface area contributed by atoms with Crippen LogP contribution in [0.25, 0.3) is 0 Å². The minimum atomic E-state index is -0.204. The maximum absolute atomic E-state index is 12.2. The molecule has 0 atom stereocenters. The Balaban J connectivity index is 0.00000264. The predicted octanol–water partition coefficient (Wildman–Crippen LogP) is 2.24. The molecular formula is C16H20ClN3O3. The minimum Gasteiger partial charge on any atom is -0.491 e. The number of nitrogens with zero attached hydrogens (tertiary/aromatic N) is 1. The normalized spacial score (nSPS) is 9.83. The van der Waals surface area contributed by atoms with Crippen LogP contribution in [0.2, 0.25) is 0 Å². The van der Waals surface area contributed by atoms with Crippen LogP contribution in [0, 0.1) is 0 Å². The topological polar surface area (TPSA) is 86.5 Å². The van der Waals surface area contributed by atoms with Crippen LogP contribution in [-0.2, 0) is 11.3 Å². The number of aromatic nitrogens is 1. The Bertz CT molecular complexity index is 620. The summed E-state index contributed by atoms with van der Waals surface area (Å²) in [5.41, 5.74) is 7.41. The summed E-state index contributed by atoms with van der Waals surface area (Å²) in [5.74, 6) is 0.523. The molecule has 0 aliphatic heterocycles. The van der Waals surface area contributed by atoms with E-state index in [1.807, 2.05) is 0 Å². The summed E-state index contributed by atoms with van der Waals surface area (Å²) >= 11 is 0. The van der Waals surface area contributed by atoms with E-state index in [2.05, 4.69) is 10.3 Å². The van der Waals surface area contributed by atoms with Crippen molar-refractivity contribution in [3.8, 4) is 5.75 Å². The average molecular weight is 338 g/mol. The van der Waals surface area contributed by atoms with Crippen molar-refractivity contribution in [1.29, 1.82) is 0 Å². The highest BCUT2D eigenvalue weighted by Gasteiger charge is 2.07. The first-order chi connectivity index (χ1) is 10.7. The molecule has 23 heavy (non-hydrogen) atoms. The molecule has 7 heteroatoms. The summed E-state index contributed by atoms with van der Waals surface area (Å²) in [6, 6.07) is 10.5. The first-order valence-corrected chi connectivity index (χ1v) is 6.91. The summed E-state index contributed by atoms with van der Waals surface area (Å²) in [6.07, 6.45) is 1.57. The van der Waals surface area contributed by atoms with Crippen LogP contribution in [0.4, 0.5) is 5.69 Å². The molecule has 0 spiro atoms. The van der Waals surface area contributed by atoms with Crippen LogP contribution in [0.15, 0.2) is 42.6 Å². The number of hydrogen-bond acceptors (Lipinski definition) is 5. The van der Waals surface area contributed by atoms with Gasteiger partial charge < -0.3 is 20.5 Å². The predicted molar refractivity (Wildman–Crippen MR) is 91.1 cm³/mol. The molecule has 0 aliphatic carbocycles. The first kappa shape index (κ1) is 18.9. The molecule has 1 heterocycles. The standard InChI is InChI=1S/C16H19N3O3.ClH/c1-21-8-9-22-15-4-2-13(3-5-15)19-16(20)12-6-7-18-14(10-12)11-17;/h2-7,10H,8-9,11,17H2,1H3,(H,19,20);1H. The number of carbonyl (C=O) groups is 1. The van der Waals surface area contributed by atoms with E-state index in [1.54, 1.807) is 49.7 Å². The minimum absolute atomic E-state index is 0. The smallest absolute Gasteiger partial charge is 0.255 e. The number of halogens is 1. The number of hydrogen-bond donors (Lipinski definition) is 2. The Kier molecular flexibility index (Phi) is 8.04. The molecule has 0 unspecified atom stereocenters. The summed E-state index contributed by atoms with van der Waals surface area (Å²) in [4.78, 5) is 16.2. The van der Waals surface area contributed by atoms with Gasteiger partial charge in [0.15, 0.2) is 0 Å². The van der Waals surface area contributed by atoms with E-state index in [1.165, 1.54) is 0 Å². The third-order valence-electron chi connectivity index (χ3n) is 2.96. The number of nitrogens with two attached hydrogens (primary N) is 1. The van der Waals surface area contributed by atoms with Gasteiger partial charge in [-0.05, 0) is 36.4 Å². The Labute approximate surface area is 141 Å². The third kappa shape index (κ3) is 5.86. The quantitative estimate of drug-likeness (QED) is 0.757. The lowest BCUT2D eigenvalue weighted by atomic mass is 10.2. The van der Waals surface area contributed by atoms with Crippen molar-refractivity contribution in [3.63, 3.8) is 0 Å². The Morgan fingerprint density at radius 3 is 2.61 bits per heavy atom. The third-order valence-corrected chi connectivity index (χ3v) is 2.96. The second-order valence-electron chi connectivity index (χ2n) is 4.56. The van der Waals surface area contributed by atoms with Crippen molar-refractivity contribution >= 4 is 24.0 Å². The number of nitrogens with one attached hydrogen (secondary N) is 1. The van der Waals surface area contributed by atoms with Crippen molar-refractivity contribution in [1.82, 2.24) is 4.98 Å². The lowest BCUT2D eigenvalue weighted by Gasteiger charge is -2.08. The molecule has 0 aliphatic rings. The number of methoxy groups -OCH3 is 1. The SMILES string of the molecule is COCCOc1ccc(NC(=O)c2ccnc(CN)c2)cc1.Cl. The number of ether oxygens (including phenoxy) is 2. The zero-order valence-electron chi connectivity index (χ0n) is 12.8. The first-order valence-electron chi connectivity index (χ1n) is 6.91. The molecule has 0 bridgehead atoms. The molecule has 0 radical (unpaired) electrons. The molecule has 1 aromatic carbocycles. The fourth-order valence-electron chi connectivity index (χ4n) is 1.81. The molecule has 0 fully saturated rings. The molecule has 0 saturated heterocycles. The van der Waals surface area contributed by atoms with Gasteiger partial charge in [0, 0.05) is 31.1 Å². The van der Waals surface area contributed by atoms with Crippen molar-refractivity contribution in [3.05, 3.63) is 53.9 Å². The van der Waals surface area contributed by atoms with E-state index in [-0.39, 0.29) is 18.3 Å². The highest BCUT2D eigenvalue weighted by molar-refractivity contribution is 6.04. The van der Waals surface area contributed by atoms with Crippen LogP contribution >= 0.6 is 12.4 Å². The zero-order valence-corrected chi connectivity index (χ0v) is 13.6. The van der Waals surface area contributed by atoms with Gasteiger partial charge in [-0.1, -0.05) is 0 Å². The van der Waals surface area contributed by atoms with E-state index in [4.69, 9.17) is 15.2 Å². The lowest BCUT2D eigenvalue weighted by molar-refractivity contribution is 0.102. The fraction of sp³-hybridized carbons (Fsp3) is 0.250. The molecule has 0 saturated carbocycles.